The van der Waals surface area contributed by atoms with Gasteiger partial charge in [0.2, 0.25) is 0 Å². The monoisotopic (exact) mass is 376 g/mol. The van der Waals surface area contributed by atoms with Gasteiger partial charge in [0.1, 0.15) is 5.75 Å². The van der Waals surface area contributed by atoms with E-state index in [4.69, 9.17) is 4.74 Å². The van der Waals surface area contributed by atoms with E-state index in [1.165, 1.54) is 0 Å². The Morgan fingerprint density at radius 3 is 2.50 bits per heavy atom. The molecule has 0 atom stereocenters. The third-order valence-corrected chi connectivity index (χ3v) is 4.81. The first kappa shape index (κ1) is 18.2. The third-order valence-electron chi connectivity index (χ3n) is 4.81. The first-order valence-corrected chi connectivity index (χ1v) is 9.49. The van der Waals surface area contributed by atoms with Crippen LogP contribution < -0.4 is 4.74 Å². The molecule has 3 aromatic carbocycles. The molecule has 28 heavy (non-hydrogen) atoms. The van der Waals surface area contributed by atoms with Crippen molar-refractivity contribution in [3.63, 3.8) is 0 Å². The van der Waals surface area contributed by atoms with Gasteiger partial charge in [0.25, 0.3) is 0 Å². The number of carbonyl (C=O) groups excluding carboxylic acids is 1. The minimum Gasteiger partial charge on any atom is -0.421 e. The summed E-state index contributed by atoms with van der Waals surface area (Å²) in [6.45, 7) is 0.338. The molecule has 5 heteroatoms. The Kier molecular flexibility index (Phi) is 5.33. The Morgan fingerprint density at radius 2 is 1.64 bits per heavy atom. The van der Waals surface area contributed by atoms with E-state index >= 15 is 0 Å². The molecular weight excluding hydrogens is 355 g/mol. The molecule has 0 fully saturated rings. The standard InChI is InChI=1S/C23H21FN2O2/c24-15-6-1-7-16-26-20-13-5-4-12-19(20)22(25-26)23(27)28-21-14-8-10-17-9-2-3-11-18(17)21/h2-5,8-14H,1,6-7,15-16H2. The number of hydrogen-bond donors (Lipinski definition) is 0. The highest BCUT2D eigenvalue weighted by atomic mass is 19.1. The van der Waals surface area contributed by atoms with Gasteiger partial charge in [-0.2, -0.15) is 5.10 Å². The number of fused-ring (bicyclic) bond motifs is 2. The molecule has 0 saturated carbocycles. The fourth-order valence-electron chi connectivity index (χ4n) is 3.41. The van der Waals surface area contributed by atoms with Gasteiger partial charge in [-0.15, -0.1) is 0 Å². The molecule has 4 rings (SSSR count). The summed E-state index contributed by atoms with van der Waals surface area (Å²) in [5.74, 6) is 0.0414. The number of benzene rings is 3. The van der Waals surface area contributed by atoms with Crippen LogP contribution in [0.15, 0.2) is 66.7 Å². The van der Waals surface area contributed by atoms with E-state index in [-0.39, 0.29) is 6.67 Å². The van der Waals surface area contributed by atoms with Crippen molar-refractivity contribution in [1.29, 1.82) is 0 Å². The summed E-state index contributed by atoms with van der Waals surface area (Å²) >= 11 is 0. The van der Waals surface area contributed by atoms with E-state index in [2.05, 4.69) is 5.10 Å². The summed E-state index contributed by atoms with van der Waals surface area (Å²) in [7, 11) is 0. The molecule has 0 aliphatic carbocycles. The van der Waals surface area contributed by atoms with Gasteiger partial charge in [-0.25, -0.2) is 4.79 Å². The van der Waals surface area contributed by atoms with E-state index < -0.39 is 5.97 Å². The van der Waals surface area contributed by atoms with Crippen LogP contribution in [0.2, 0.25) is 0 Å². The molecule has 0 aliphatic heterocycles. The zero-order valence-corrected chi connectivity index (χ0v) is 15.5. The number of aryl methyl sites for hydroxylation is 1. The number of alkyl halides is 1. The topological polar surface area (TPSA) is 44.1 Å². The summed E-state index contributed by atoms with van der Waals surface area (Å²) in [5, 5.41) is 7.17. The van der Waals surface area contributed by atoms with Gasteiger partial charge >= 0.3 is 5.97 Å². The van der Waals surface area contributed by atoms with Crippen LogP contribution in [-0.4, -0.2) is 22.4 Å². The molecule has 1 aromatic heterocycles. The zero-order valence-electron chi connectivity index (χ0n) is 15.5. The van der Waals surface area contributed by atoms with Crippen LogP contribution in [0.5, 0.6) is 5.75 Å². The van der Waals surface area contributed by atoms with E-state index in [0.29, 0.717) is 24.4 Å². The Bertz CT molecular complexity index is 1110. The number of rotatable bonds is 7. The first-order valence-electron chi connectivity index (χ1n) is 9.49. The summed E-state index contributed by atoms with van der Waals surface area (Å²) < 4.78 is 19.8. The van der Waals surface area contributed by atoms with E-state index in [9.17, 15) is 9.18 Å². The Labute approximate surface area is 162 Å². The number of halogens is 1. The van der Waals surface area contributed by atoms with Crippen LogP contribution in [0, 0.1) is 0 Å². The molecular formula is C23H21FN2O2. The highest BCUT2D eigenvalue weighted by Gasteiger charge is 2.19. The highest BCUT2D eigenvalue weighted by Crippen LogP contribution is 2.27. The maximum atomic E-state index is 12.9. The van der Waals surface area contributed by atoms with Crippen molar-refractivity contribution in [3.8, 4) is 5.75 Å². The SMILES string of the molecule is O=C(Oc1cccc2ccccc12)c1nn(CCCCCF)c2ccccc12. The van der Waals surface area contributed by atoms with Crippen molar-refractivity contribution in [3.05, 3.63) is 72.4 Å². The van der Waals surface area contributed by atoms with Crippen LogP contribution in [0.4, 0.5) is 4.39 Å². The molecule has 4 nitrogen and oxygen atoms in total. The molecule has 4 aromatic rings. The van der Waals surface area contributed by atoms with Crippen molar-refractivity contribution in [2.75, 3.05) is 6.67 Å². The lowest BCUT2D eigenvalue weighted by molar-refractivity contribution is 0.0732. The molecule has 0 radical (unpaired) electrons. The zero-order chi connectivity index (χ0) is 19.3. The quantitative estimate of drug-likeness (QED) is 0.241. The van der Waals surface area contributed by atoms with Crippen LogP contribution in [0.25, 0.3) is 21.7 Å². The Hall–Kier alpha value is -3.21. The largest absolute Gasteiger partial charge is 0.421 e. The smallest absolute Gasteiger partial charge is 0.364 e. The van der Waals surface area contributed by atoms with Crippen molar-refractivity contribution in [2.24, 2.45) is 0 Å². The first-order chi connectivity index (χ1) is 13.8. The number of hydrogen-bond acceptors (Lipinski definition) is 3. The van der Waals surface area contributed by atoms with Crippen molar-refractivity contribution in [2.45, 2.75) is 25.8 Å². The number of ether oxygens (including phenoxy) is 1. The normalized spacial score (nSPS) is 11.2. The van der Waals surface area contributed by atoms with Crippen LogP contribution >= 0.6 is 0 Å². The number of nitrogens with zero attached hydrogens (tertiary/aromatic N) is 2. The lowest BCUT2D eigenvalue weighted by Crippen LogP contribution is -2.11. The molecule has 0 spiro atoms. The molecule has 1 heterocycles. The average Bonchev–Trinajstić information content (AvgIpc) is 3.10. The third kappa shape index (κ3) is 3.60. The summed E-state index contributed by atoms with van der Waals surface area (Å²) in [6.07, 6.45) is 2.16. The van der Waals surface area contributed by atoms with Crippen LogP contribution in [0.3, 0.4) is 0 Å². The maximum Gasteiger partial charge on any atom is 0.364 e. The van der Waals surface area contributed by atoms with Crippen LogP contribution in [0.1, 0.15) is 29.8 Å². The van der Waals surface area contributed by atoms with Crippen molar-refractivity contribution >= 4 is 27.6 Å². The second kappa shape index (κ2) is 8.21. The van der Waals surface area contributed by atoms with Gasteiger partial charge in [0, 0.05) is 17.3 Å². The summed E-state index contributed by atoms with van der Waals surface area (Å²) in [4.78, 5) is 12.9. The lowest BCUT2D eigenvalue weighted by Gasteiger charge is -2.06. The molecule has 0 amide bonds. The molecule has 142 valence electrons. The van der Waals surface area contributed by atoms with E-state index in [1.807, 2.05) is 65.3 Å². The second-order valence-electron chi connectivity index (χ2n) is 6.71. The molecule has 0 saturated heterocycles. The minimum atomic E-state index is -0.477. The van der Waals surface area contributed by atoms with Gasteiger partial charge < -0.3 is 4.74 Å². The van der Waals surface area contributed by atoms with E-state index in [0.717, 1.165) is 34.5 Å². The molecule has 0 aliphatic rings. The van der Waals surface area contributed by atoms with Gasteiger partial charge in [0.05, 0.1) is 12.2 Å². The fraction of sp³-hybridized carbons (Fsp3) is 0.217. The van der Waals surface area contributed by atoms with Crippen LogP contribution in [-0.2, 0) is 6.54 Å². The molecule has 0 bridgehead atoms. The summed E-state index contributed by atoms with van der Waals surface area (Å²) in [6, 6.07) is 21.0. The maximum absolute atomic E-state index is 12.9. The van der Waals surface area contributed by atoms with Gasteiger partial charge in [-0.3, -0.25) is 9.07 Å². The van der Waals surface area contributed by atoms with E-state index in [1.54, 1.807) is 6.07 Å². The predicted octanol–water partition coefficient (Wildman–Crippen LogP) is 5.55. The predicted molar refractivity (Wildman–Crippen MR) is 108 cm³/mol. The van der Waals surface area contributed by atoms with Gasteiger partial charge in [-0.1, -0.05) is 54.6 Å². The molecule has 0 N–H and O–H groups in total. The Balaban J connectivity index is 1.63. The Morgan fingerprint density at radius 1 is 0.893 bits per heavy atom. The fourth-order valence-corrected chi connectivity index (χ4v) is 3.41. The number of aromatic nitrogens is 2. The average molecular weight is 376 g/mol. The highest BCUT2D eigenvalue weighted by molar-refractivity contribution is 6.04. The number of carbonyl (C=O) groups is 1. The van der Waals surface area contributed by atoms with Crippen molar-refractivity contribution < 1.29 is 13.9 Å². The number of para-hydroxylation sites is 1. The van der Waals surface area contributed by atoms with Gasteiger partial charge in [-0.05, 0) is 36.8 Å². The van der Waals surface area contributed by atoms with Gasteiger partial charge in [0.15, 0.2) is 5.69 Å². The minimum absolute atomic E-state index is 0.300. The summed E-state index contributed by atoms with van der Waals surface area (Å²) in [5.41, 5.74) is 1.18. The molecule has 0 unspecified atom stereocenters. The number of esters is 1. The lowest BCUT2D eigenvalue weighted by atomic mass is 10.1. The second-order valence-corrected chi connectivity index (χ2v) is 6.71. The van der Waals surface area contributed by atoms with Crippen molar-refractivity contribution in [1.82, 2.24) is 9.78 Å². The number of unbranched alkanes of at least 4 members (excludes halogenated alkanes) is 2.